The van der Waals surface area contributed by atoms with E-state index in [4.69, 9.17) is 4.74 Å². The number of nitrogens with one attached hydrogen (secondary N) is 1. The summed E-state index contributed by atoms with van der Waals surface area (Å²) in [5, 5.41) is 3.35. The van der Waals surface area contributed by atoms with E-state index < -0.39 is 10.0 Å². The van der Waals surface area contributed by atoms with Crippen LogP contribution in [0.1, 0.15) is 30.4 Å². The zero-order valence-electron chi connectivity index (χ0n) is 13.4. The van der Waals surface area contributed by atoms with Gasteiger partial charge in [-0.25, -0.2) is 8.42 Å². The van der Waals surface area contributed by atoms with E-state index in [1.165, 1.54) is 7.11 Å². The Kier molecular flexibility index (Phi) is 4.18. The minimum Gasteiger partial charge on any atom is -0.495 e. The van der Waals surface area contributed by atoms with Crippen LogP contribution in [-0.4, -0.2) is 45.0 Å². The Morgan fingerprint density at radius 3 is 2.64 bits per heavy atom. The van der Waals surface area contributed by atoms with Crippen LogP contribution in [0.5, 0.6) is 5.75 Å². The standard InChI is InChI=1S/C16H24N2O3S/c1-11-8-12(2)16(21-3)15(9-11)22(19,20)18-13-4-5-14(18)10-17-7-6-13/h8-9,13-14,17H,4-7,10H2,1-3H3. The highest BCUT2D eigenvalue weighted by Crippen LogP contribution is 2.38. The maximum absolute atomic E-state index is 13.3. The van der Waals surface area contributed by atoms with Crippen LogP contribution in [0.3, 0.4) is 0 Å². The fourth-order valence-corrected chi connectivity index (χ4v) is 6.03. The van der Waals surface area contributed by atoms with Gasteiger partial charge in [0.1, 0.15) is 10.6 Å². The minimum atomic E-state index is -3.54. The van der Waals surface area contributed by atoms with Crippen molar-refractivity contribution in [3.63, 3.8) is 0 Å². The van der Waals surface area contributed by atoms with Crippen molar-refractivity contribution in [1.29, 1.82) is 0 Å². The maximum atomic E-state index is 13.3. The molecule has 1 aromatic carbocycles. The van der Waals surface area contributed by atoms with Gasteiger partial charge < -0.3 is 10.1 Å². The zero-order chi connectivity index (χ0) is 15.9. The number of rotatable bonds is 3. The lowest BCUT2D eigenvalue weighted by Crippen LogP contribution is -2.42. The molecule has 3 rings (SSSR count). The molecule has 2 aliphatic heterocycles. The molecule has 2 bridgehead atoms. The molecule has 2 fully saturated rings. The third kappa shape index (κ3) is 2.53. The molecule has 0 amide bonds. The highest BCUT2D eigenvalue weighted by Gasteiger charge is 2.44. The fourth-order valence-electron chi connectivity index (χ4n) is 3.81. The van der Waals surface area contributed by atoms with E-state index in [9.17, 15) is 8.42 Å². The molecule has 2 aliphatic rings. The van der Waals surface area contributed by atoms with Gasteiger partial charge in [0.25, 0.3) is 0 Å². The fraction of sp³-hybridized carbons (Fsp3) is 0.625. The zero-order valence-corrected chi connectivity index (χ0v) is 14.2. The van der Waals surface area contributed by atoms with Crippen molar-refractivity contribution in [2.24, 2.45) is 0 Å². The number of fused-ring (bicyclic) bond motifs is 2. The van der Waals surface area contributed by atoms with E-state index in [0.717, 1.165) is 43.5 Å². The van der Waals surface area contributed by atoms with Gasteiger partial charge in [0.05, 0.1) is 7.11 Å². The van der Waals surface area contributed by atoms with Gasteiger partial charge in [-0.2, -0.15) is 4.31 Å². The van der Waals surface area contributed by atoms with Crippen molar-refractivity contribution >= 4 is 10.0 Å². The average Bonchev–Trinajstić information content (AvgIpc) is 2.72. The van der Waals surface area contributed by atoms with Gasteiger partial charge in [0, 0.05) is 18.6 Å². The first-order valence-corrected chi connectivity index (χ1v) is 9.28. The number of methoxy groups -OCH3 is 1. The molecule has 2 heterocycles. The largest absolute Gasteiger partial charge is 0.495 e. The monoisotopic (exact) mass is 324 g/mol. The van der Waals surface area contributed by atoms with Crippen LogP contribution in [0.4, 0.5) is 0 Å². The summed E-state index contributed by atoms with van der Waals surface area (Å²) in [5.41, 5.74) is 1.80. The first-order valence-electron chi connectivity index (χ1n) is 7.84. The summed E-state index contributed by atoms with van der Waals surface area (Å²) < 4.78 is 33.8. The van der Waals surface area contributed by atoms with Crippen LogP contribution in [0.2, 0.25) is 0 Å². The Hall–Kier alpha value is -1.11. The van der Waals surface area contributed by atoms with Crippen molar-refractivity contribution in [1.82, 2.24) is 9.62 Å². The maximum Gasteiger partial charge on any atom is 0.247 e. The van der Waals surface area contributed by atoms with Crippen molar-refractivity contribution in [2.45, 2.75) is 50.1 Å². The molecule has 0 aromatic heterocycles. The van der Waals surface area contributed by atoms with E-state index in [0.29, 0.717) is 10.6 Å². The summed E-state index contributed by atoms with van der Waals surface area (Å²) >= 11 is 0. The Morgan fingerprint density at radius 1 is 1.18 bits per heavy atom. The molecule has 2 saturated heterocycles. The van der Waals surface area contributed by atoms with Gasteiger partial charge in [-0.05, 0) is 56.8 Å². The minimum absolute atomic E-state index is 0.0584. The third-order valence-electron chi connectivity index (χ3n) is 4.73. The molecule has 6 heteroatoms. The molecule has 122 valence electrons. The molecule has 2 unspecified atom stereocenters. The van der Waals surface area contributed by atoms with Crippen LogP contribution in [0.25, 0.3) is 0 Å². The molecular formula is C16H24N2O3S. The quantitative estimate of drug-likeness (QED) is 0.921. The lowest BCUT2D eigenvalue weighted by Gasteiger charge is -2.28. The van der Waals surface area contributed by atoms with Crippen molar-refractivity contribution in [2.75, 3.05) is 20.2 Å². The van der Waals surface area contributed by atoms with Crippen LogP contribution in [0.15, 0.2) is 17.0 Å². The van der Waals surface area contributed by atoms with E-state index in [-0.39, 0.29) is 12.1 Å². The van der Waals surface area contributed by atoms with Gasteiger partial charge in [0.2, 0.25) is 10.0 Å². The smallest absolute Gasteiger partial charge is 0.247 e. The highest BCUT2D eigenvalue weighted by molar-refractivity contribution is 7.89. The number of aryl methyl sites for hydroxylation is 2. The normalized spacial score (nSPS) is 26.0. The Bertz CT molecular complexity index is 658. The molecule has 1 N–H and O–H groups in total. The molecule has 0 saturated carbocycles. The highest BCUT2D eigenvalue weighted by atomic mass is 32.2. The molecule has 5 nitrogen and oxygen atoms in total. The Balaban J connectivity index is 2.10. The number of ether oxygens (including phenoxy) is 1. The van der Waals surface area contributed by atoms with E-state index in [1.807, 2.05) is 19.9 Å². The SMILES string of the molecule is COc1c(C)cc(C)cc1S(=O)(=O)N1C2CCNCC1CC2. The van der Waals surface area contributed by atoms with E-state index in [1.54, 1.807) is 10.4 Å². The summed E-state index contributed by atoms with van der Waals surface area (Å²) in [5.74, 6) is 0.474. The summed E-state index contributed by atoms with van der Waals surface area (Å²) in [4.78, 5) is 0.311. The number of nitrogens with zero attached hydrogens (tertiary/aromatic N) is 1. The Morgan fingerprint density at radius 2 is 1.91 bits per heavy atom. The molecule has 0 spiro atoms. The summed E-state index contributed by atoms with van der Waals surface area (Å²) in [6, 6.07) is 3.86. The van der Waals surface area contributed by atoms with E-state index >= 15 is 0 Å². The summed E-state index contributed by atoms with van der Waals surface area (Å²) in [7, 11) is -2.00. The average molecular weight is 324 g/mol. The summed E-state index contributed by atoms with van der Waals surface area (Å²) in [6.45, 7) is 5.44. The molecule has 0 aliphatic carbocycles. The van der Waals surface area contributed by atoms with Gasteiger partial charge in [0.15, 0.2) is 0 Å². The molecule has 2 atom stereocenters. The van der Waals surface area contributed by atoms with Gasteiger partial charge in [-0.3, -0.25) is 0 Å². The van der Waals surface area contributed by atoms with Crippen molar-refractivity contribution in [3.05, 3.63) is 23.3 Å². The topological polar surface area (TPSA) is 58.6 Å². The van der Waals surface area contributed by atoms with Gasteiger partial charge in [-0.1, -0.05) is 6.07 Å². The number of benzene rings is 1. The van der Waals surface area contributed by atoms with E-state index in [2.05, 4.69) is 5.32 Å². The predicted octanol–water partition coefficient (Wildman–Crippen LogP) is 1.83. The van der Waals surface area contributed by atoms with Crippen LogP contribution >= 0.6 is 0 Å². The number of hydrogen-bond donors (Lipinski definition) is 1. The second kappa shape index (κ2) is 5.83. The summed E-state index contributed by atoms with van der Waals surface area (Å²) in [6.07, 6.45) is 2.77. The molecule has 1 aromatic rings. The van der Waals surface area contributed by atoms with Crippen LogP contribution in [0, 0.1) is 13.8 Å². The van der Waals surface area contributed by atoms with Gasteiger partial charge >= 0.3 is 0 Å². The first kappa shape index (κ1) is 15.8. The lowest BCUT2D eigenvalue weighted by molar-refractivity contribution is 0.330. The van der Waals surface area contributed by atoms with Gasteiger partial charge in [-0.15, -0.1) is 0 Å². The van der Waals surface area contributed by atoms with Crippen LogP contribution < -0.4 is 10.1 Å². The predicted molar refractivity (Wildman–Crippen MR) is 85.8 cm³/mol. The second-order valence-corrected chi connectivity index (χ2v) is 8.14. The van der Waals surface area contributed by atoms with Crippen LogP contribution in [-0.2, 0) is 10.0 Å². The van der Waals surface area contributed by atoms with Crippen molar-refractivity contribution in [3.8, 4) is 5.75 Å². The molecule has 22 heavy (non-hydrogen) atoms. The number of sulfonamides is 1. The third-order valence-corrected chi connectivity index (χ3v) is 6.74. The van der Waals surface area contributed by atoms with Crippen molar-refractivity contribution < 1.29 is 13.2 Å². The molecular weight excluding hydrogens is 300 g/mol. The second-order valence-electron chi connectivity index (χ2n) is 6.33. The molecule has 0 radical (unpaired) electrons. The number of hydrogen-bond acceptors (Lipinski definition) is 4. The lowest BCUT2D eigenvalue weighted by atomic mass is 10.1. The first-order chi connectivity index (χ1) is 10.4. The Labute approximate surface area is 132 Å².